The second-order valence-corrected chi connectivity index (χ2v) is 4.01. The van der Waals surface area contributed by atoms with E-state index in [4.69, 9.17) is 11.3 Å². The fraction of sp³-hybridized carbons (Fsp3) is 0.462. The van der Waals surface area contributed by atoms with Crippen molar-refractivity contribution in [2.24, 2.45) is 0 Å². The summed E-state index contributed by atoms with van der Waals surface area (Å²) < 4.78 is 5.11. The van der Waals surface area contributed by atoms with Gasteiger partial charge in [-0.25, -0.2) is 4.85 Å². The van der Waals surface area contributed by atoms with E-state index in [2.05, 4.69) is 15.8 Å². The average Bonchev–Trinajstić information content (AvgIpc) is 2.35. The maximum atomic E-state index is 7.05. The molecule has 0 radical (unpaired) electrons. The van der Waals surface area contributed by atoms with Crippen LogP contribution in [0.5, 0.6) is 0 Å². The van der Waals surface area contributed by atoms with E-state index < -0.39 is 0 Å². The van der Waals surface area contributed by atoms with Crippen molar-refractivity contribution in [3.05, 3.63) is 35.2 Å². The summed E-state index contributed by atoms with van der Waals surface area (Å²) in [6.45, 7) is 9.76. The number of anilines is 1. The average molecular weight is 216 g/mol. The molecule has 0 N–H and O–H groups in total. The molecule has 0 fully saturated rings. The third-order valence-corrected chi connectivity index (χ3v) is 2.98. The first-order valence-corrected chi connectivity index (χ1v) is 5.59. The second kappa shape index (κ2) is 5.00. The molecule has 0 spiro atoms. The van der Waals surface area contributed by atoms with Crippen molar-refractivity contribution in [2.75, 3.05) is 31.7 Å². The summed E-state index contributed by atoms with van der Waals surface area (Å²) in [6.07, 6.45) is 2.31. The number of hydrogen-bond donors (Lipinski definition) is 0. The van der Waals surface area contributed by atoms with Crippen LogP contribution in [0.15, 0.2) is 18.2 Å². The third-order valence-electron chi connectivity index (χ3n) is 2.98. The van der Waals surface area contributed by atoms with Gasteiger partial charge in [0, 0.05) is 25.9 Å². The molecule has 0 unspecified atom stereocenters. The highest BCUT2D eigenvalue weighted by molar-refractivity contribution is 5.64. The molecule has 0 saturated carbocycles. The standard InChI is InChI=1S/C13H16N2O/c1-14-12-6-5-11-4-3-7-15(8-9-16-2)13(11)10-12/h5-6,10H,3-4,7-9H2,2H3. The Kier molecular flexibility index (Phi) is 3.43. The van der Waals surface area contributed by atoms with E-state index in [9.17, 15) is 0 Å². The zero-order valence-corrected chi connectivity index (χ0v) is 9.57. The third kappa shape index (κ3) is 2.17. The first kappa shape index (κ1) is 11.0. The minimum Gasteiger partial charge on any atom is -0.383 e. The molecule has 0 amide bonds. The van der Waals surface area contributed by atoms with Crippen LogP contribution in [0.4, 0.5) is 11.4 Å². The fourth-order valence-corrected chi connectivity index (χ4v) is 2.14. The Hall–Kier alpha value is -1.53. The molecule has 3 heteroatoms. The van der Waals surface area contributed by atoms with Crippen LogP contribution in [-0.4, -0.2) is 26.8 Å². The number of hydrogen-bond acceptors (Lipinski definition) is 2. The van der Waals surface area contributed by atoms with Gasteiger partial charge in [-0.2, -0.15) is 0 Å². The van der Waals surface area contributed by atoms with Crippen molar-refractivity contribution in [3.8, 4) is 0 Å². The predicted molar refractivity (Wildman–Crippen MR) is 65.1 cm³/mol. The van der Waals surface area contributed by atoms with Gasteiger partial charge in [0.25, 0.3) is 0 Å². The SMILES string of the molecule is [C-]#[N+]c1ccc2c(c1)N(CCOC)CCC2. The molecule has 0 aromatic heterocycles. The van der Waals surface area contributed by atoms with Gasteiger partial charge in [0.2, 0.25) is 0 Å². The summed E-state index contributed by atoms with van der Waals surface area (Å²) in [7, 11) is 1.72. The lowest BCUT2D eigenvalue weighted by atomic mass is 10.0. The first-order valence-electron chi connectivity index (χ1n) is 5.59. The Morgan fingerprint density at radius 2 is 2.38 bits per heavy atom. The maximum Gasteiger partial charge on any atom is 0.189 e. The number of nitrogens with zero attached hydrogens (tertiary/aromatic N) is 2. The van der Waals surface area contributed by atoms with E-state index in [0.717, 1.165) is 31.8 Å². The Balaban J connectivity index is 2.25. The highest BCUT2D eigenvalue weighted by Crippen LogP contribution is 2.30. The summed E-state index contributed by atoms with van der Waals surface area (Å²) in [4.78, 5) is 5.80. The molecule has 0 bridgehead atoms. The molecular formula is C13H16N2O. The van der Waals surface area contributed by atoms with Crippen LogP contribution in [0.2, 0.25) is 0 Å². The number of methoxy groups -OCH3 is 1. The Bertz CT molecular complexity index is 409. The normalized spacial score (nSPS) is 14.4. The van der Waals surface area contributed by atoms with Gasteiger partial charge in [-0.1, -0.05) is 12.1 Å². The van der Waals surface area contributed by atoms with Crippen LogP contribution in [0.25, 0.3) is 4.85 Å². The van der Waals surface area contributed by atoms with Crippen LogP contribution >= 0.6 is 0 Å². The van der Waals surface area contributed by atoms with Gasteiger partial charge < -0.3 is 9.64 Å². The second-order valence-electron chi connectivity index (χ2n) is 4.01. The number of ether oxygens (including phenoxy) is 1. The van der Waals surface area contributed by atoms with Crippen LogP contribution in [0.3, 0.4) is 0 Å². The van der Waals surface area contributed by atoms with E-state index in [1.165, 1.54) is 17.7 Å². The van der Waals surface area contributed by atoms with Crippen molar-refractivity contribution in [2.45, 2.75) is 12.8 Å². The Morgan fingerprint density at radius 3 is 3.12 bits per heavy atom. The van der Waals surface area contributed by atoms with E-state index >= 15 is 0 Å². The summed E-state index contributed by atoms with van der Waals surface area (Å²) in [5.41, 5.74) is 3.30. The molecular weight excluding hydrogens is 200 g/mol. The maximum absolute atomic E-state index is 7.05. The van der Waals surface area contributed by atoms with Gasteiger partial charge in [-0.15, -0.1) is 0 Å². The Labute approximate surface area is 96.5 Å². The Morgan fingerprint density at radius 1 is 1.50 bits per heavy atom. The highest BCUT2D eigenvalue weighted by Gasteiger charge is 2.16. The van der Waals surface area contributed by atoms with Gasteiger partial charge in [0.1, 0.15) is 0 Å². The quantitative estimate of drug-likeness (QED) is 0.722. The molecule has 1 aromatic carbocycles. The minimum absolute atomic E-state index is 0.725. The molecule has 0 aliphatic carbocycles. The molecule has 3 nitrogen and oxygen atoms in total. The fourth-order valence-electron chi connectivity index (χ4n) is 2.14. The zero-order chi connectivity index (χ0) is 11.4. The van der Waals surface area contributed by atoms with Gasteiger partial charge in [0.05, 0.1) is 13.2 Å². The van der Waals surface area contributed by atoms with Crippen molar-refractivity contribution in [3.63, 3.8) is 0 Å². The van der Waals surface area contributed by atoms with E-state index in [1.54, 1.807) is 7.11 Å². The number of rotatable bonds is 3. The van der Waals surface area contributed by atoms with Crippen molar-refractivity contribution in [1.82, 2.24) is 0 Å². The molecule has 0 saturated heterocycles. The lowest BCUT2D eigenvalue weighted by Gasteiger charge is -2.31. The van der Waals surface area contributed by atoms with Crippen molar-refractivity contribution >= 4 is 11.4 Å². The molecule has 84 valence electrons. The largest absolute Gasteiger partial charge is 0.383 e. The smallest absolute Gasteiger partial charge is 0.189 e. The highest BCUT2D eigenvalue weighted by atomic mass is 16.5. The summed E-state index contributed by atoms with van der Waals surface area (Å²) in [6, 6.07) is 5.99. The molecule has 1 aliphatic rings. The molecule has 2 rings (SSSR count). The zero-order valence-electron chi connectivity index (χ0n) is 9.57. The number of aryl methyl sites for hydroxylation is 1. The van der Waals surface area contributed by atoms with Crippen LogP contribution in [0, 0.1) is 6.57 Å². The van der Waals surface area contributed by atoms with Crippen molar-refractivity contribution in [1.29, 1.82) is 0 Å². The molecule has 1 aromatic rings. The summed E-state index contributed by atoms with van der Waals surface area (Å²) >= 11 is 0. The van der Waals surface area contributed by atoms with E-state index in [1.807, 2.05) is 12.1 Å². The summed E-state index contributed by atoms with van der Waals surface area (Å²) in [5, 5.41) is 0. The molecule has 1 heterocycles. The van der Waals surface area contributed by atoms with Gasteiger partial charge >= 0.3 is 0 Å². The lowest BCUT2D eigenvalue weighted by Crippen LogP contribution is -2.32. The van der Waals surface area contributed by atoms with Gasteiger partial charge in [-0.3, -0.25) is 0 Å². The number of benzene rings is 1. The van der Waals surface area contributed by atoms with Crippen LogP contribution in [0.1, 0.15) is 12.0 Å². The van der Waals surface area contributed by atoms with Gasteiger partial charge in [-0.05, 0) is 24.5 Å². The van der Waals surface area contributed by atoms with Crippen molar-refractivity contribution < 1.29 is 4.74 Å². The lowest BCUT2D eigenvalue weighted by molar-refractivity contribution is 0.205. The summed E-state index contributed by atoms with van der Waals surface area (Å²) in [5.74, 6) is 0. The minimum atomic E-state index is 0.725. The van der Waals surface area contributed by atoms with Crippen LogP contribution < -0.4 is 4.90 Å². The first-order chi connectivity index (χ1) is 7.85. The van der Waals surface area contributed by atoms with Crippen LogP contribution in [-0.2, 0) is 11.2 Å². The van der Waals surface area contributed by atoms with E-state index in [-0.39, 0.29) is 0 Å². The topological polar surface area (TPSA) is 16.8 Å². The molecule has 16 heavy (non-hydrogen) atoms. The number of fused-ring (bicyclic) bond motifs is 1. The van der Waals surface area contributed by atoms with E-state index in [0.29, 0.717) is 0 Å². The molecule has 1 aliphatic heterocycles. The predicted octanol–water partition coefficient (Wildman–Crippen LogP) is 2.64. The van der Waals surface area contributed by atoms with Gasteiger partial charge in [0.15, 0.2) is 5.69 Å². The monoisotopic (exact) mass is 216 g/mol. The molecule has 0 atom stereocenters.